The second-order valence-corrected chi connectivity index (χ2v) is 3.04. The Hall–Kier alpha value is -1.35. The highest BCUT2D eigenvalue weighted by Crippen LogP contribution is 2.13. The Morgan fingerprint density at radius 3 is 2.79 bits per heavy atom. The van der Waals surface area contributed by atoms with E-state index in [-0.39, 0.29) is 12.6 Å². The van der Waals surface area contributed by atoms with Gasteiger partial charge in [-0.05, 0) is 25.5 Å². The van der Waals surface area contributed by atoms with Crippen LogP contribution in [0.2, 0.25) is 0 Å². The number of carbonyl (C=O) groups excluding carboxylic acids is 1. The van der Waals surface area contributed by atoms with Crippen LogP contribution in [0.15, 0.2) is 18.2 Å². The number of ether oxygens (including phenoxy) is 1. The standard InChI is InChI=1S/C11H14O3/c1-3-14-11(13)10-6-8(2)4-5-9(10)7-12/h4-6,12H,3,7H2,1-2H3. The number of esters is 1. The number of aryl methyl sites for hydroxylation is 1. The van der Waals surface area contributed by atoms with Crippen LogP contribution >= 0.6 is 0 Å². The molecule has 3 heteroatoms. The lowest BCUT2D eigenvalue weighted by molar-refractivity contribution is 0.0522. The van der Waals surface area contributed by atoms with Gasteiger partial charge in [-0.15, -0.1) is 0 Å². The molecule has 0 saturated heterocycles. The monoisotopic (exact) mass is 194 g/mol. The third-order valence-corrected chi connectivity index (χ3v) is 1.93. The number of aliphatic hydroxyl groups excluding tert-OH is 1. The van der Waals surface area contributed by atoms with Gasteiger partial charge in [-0.2, -0.15) is 0 Å². The lowest BCUT2D eigenvalue weighted by Gasteiger charge is -2.07. The van der Waals surface area contributed by atoms with Crippen molar-refractivity contribution in [3.8, 4) is 0 Å². The van der Waals surface area contributed by atoms with E-state index in [0.29, 0.717) is 17.7 Å². The average molecular weight is 194 g/mol. The van der Waals surface area contributed by atoms with Crippen molar-refractivity contribution in [3.05, 3.63) is 34.9 Å². The summed E-state index contributed by atoms with van der Waals surface area (Å²) in [6, 6.07) is 5.32. The van der Waals surface area contributed by atoms with E-state index in [2.05, 4.69) is 0 Å². The van der Waals surface area contributed by atoms with Gasteiger partial charge in [0.2, 0.25) is 0 Å². The molecule has 1 rings (SSSR count). The number of aliphatic hydroxyl groups is 1. The molecule has 1 aromatic rings. The van der Waals surface area contributed by atoms with Gasteiger partial charge in [-0.25, -0.2) is 4.79 Å². The topological polar surface area (TPSA) is 46.5 Å². The summed E-state index contributed by atoms with van der Waals surface area (Å²) in [5, 5.41) is 9.02. The Kier molecular flexibility index (Phi) is 3.65. The lowest BCUT2D eigenvalue weighted by Crippen LogP contribution is -2.08. The lowest BCUT2D eigenvalue weighted by atomic mass is 10.1. The minimum Gasteiger partial charge on any atom is -0.462 e. The van der Waals surface area contributed by atoms with Gasteiger partial charge in [0.05, 0.1) is 18.8 Å². The Balaban J connectivity index is 3.03. The fourth-order valence-electron chi connectivity index (χ4n) is 1.23. The summed E-state index contributed by atoms with van der Waals surface area (Å²) in [6.07, 6.45) is 0. The minimum atomic E-state index is -0.375. The average Bonchev–Trinajstić information content (AvgIpc) is 2.18. The van der Waals surface area contributed by atoms with Crippen LogP contribution in [0.25, 0.3) is 0 Å². The van der Waals surface area contributed by atoms with Crippen molar-refractivity contribution in [2.75, 3.05) is 6.61 Å². The summed E-state index contributed by atoms with van der Waals surface area (Å²) in [7, 11) is 0. The van der Waals surface area contributed by atoms with Gasteiger partial charge in [0.25, 0.3) is 0 Å². The van der Waals surface area contributed by atoms with Crippen molar-refractivity contribution in [2.45, 2.75) is 20.5 Å². The molecule has 0 amide bonds. The first kappa shape index (κ1) is 10.7. The Morgan fingerprint density at radius 2 is 2.21 bits per heavy atom. The summed E-state index contributed by atoms with van der Waals surface area (Å²) < 4.78 is 4.88. The van der Waals surface area contributed by atoms with Crippen molar-refractivity contribution in [3.63, 3.8) is 0 Å². The van der Waals surface area contributed by atoms with Crippen LogP contribution in [-0.2, 0) is 11.3 Å². The molecule has 0 heterocycles. The largest absolute Gasteiger partial charge is 0.462 e. The quantitative estimate of drug-likeness (QED) is 0.744. The zero-order valence-electron chi connectivity index (χ0n) is 8.41. The van der Waals surface area contributed by atoms with E-state index in [0.717, 1.165) is 5.56 Å². The van der Waals surface area contributed by atoms with Gasteiger partial charge in [-0.3, -0.25) is 0 Å². The summed E-state index contributed by atoms with van der Waals surface area (Å²) in [5.74, 6) is -0.375. The van der Waals surface area contributed by atoms with E-state index in [4.69, 9.17) is 9.84 Å². The molecule has 0 unspecified atom stereocenters. The molecule has 0 aliphatic carbocycles. The smallest absolute Gasteiger partial charge is 0.338 e. The fraction of sp³-hybridized carbons (Fsp3) is 0.364. The van der Waals surface area contributed by atoms with E-state index in [1.54, 1.807) is 19.1 Å². The van der Waals surface area contributed by atoms with Gasteiger partial charge in [0, 0.05) is 0 Å². The SMILES string of the molecule is CCOC(=O)c1cc(C)ccc1CO. The fourth-order valence-corrected chi connectivity index (χ4v) is 1.23. The van der Waals surface area contributed by atoms with E-state index >= 15 is 0 Å². The maximum atomic E-state index is 11.4. The molecule has 0 radical (unpaired) electrons. The second-order valence-electron chi connectivity index (χ2n) is 3.04. The van der Waals surface area contributed by atoms with Gasteiger partial charge < -0.3 is 9.84 Å². The number of rotatable bonds is 3. The molecule has 0 bridgehead atoms. The first-order chi connectivity index (χ1) is 6.69. The molecule has 0 aliphatic heterocycles. The van der Waals surface area contributed by atoms with E-state index in [1.807, 2.05) is 13.0 Å². The normalized spacial score (nSPS) is 9.93. The van der Waals surface area contributed by atoms with Gasteiger partial charge in [0.15, 0.2) is 0 Å². The van der Waals surface area contributed by atoms with Crippen molar-refractivity contribution in [1.82, 2.24) is 0 Å². The van der Waals surface area contributed by atoms with Crippen molar-refractivity contribution in [2.24, 2.45) is 0 Å². The zero-order valence-corrected chi connectivity index (χ0v) is 8.41. The third kappa shape index (κ3) is 2.33. The molecule has 0 aromatic heterocycles. The van der Waals surface area contributed by atoms with E-state index in [1.165, 1.54) is 0 Å². The molecule has 1 N–H and O–H groups in total. The first-order valence-corrected chi connectivity index (χ1v) is 4.56. The van der Waals surface area contributed by atoms with Crippen molar-refractivity contribution in [1.29, 1.82) is 0 Å². The van der Waals surface area contributed by atoms with Crippen molar-refractivity contribution >= 4 is 5.97 Å². The van der Waals surface area contributed by atoms with Crippen LogP contribution in [0.3, 0.4) is 0 Å². The number of hydrogen-bond acceptors (Lipinski definition) is 3. The predicted molar refractivity (Wildman–Crippen MR) is 53.1 cm³/mol. The van der Waals surface area contributed by atoms with Crippen molar-refractivity contribution < 1.29 is 14.6 Å². The number of benzene rings is 1. The van der Waals surface area contributed by atoms with Gasteiger partial charge in [-0.1, -0.05) is 17.7 Å². The second kappa shape index (κ2) is 4.77. The molecule has 3 nitrogen and oxygen atoms in total. The van der Waals surface area contributed by atoms with Crippen LogP contribution in [0.4, 0.5) is 0 Å². The minimum absolute atomic E-state index is 0.144. The first-order valence-electron chi connectivity index (χ1n) is 4.56. The maximum absolute atomic E-state index is 11.4. The number of hydrogen-bond donors (Lipinski definition) is 1. The highest BCUT2D eigenvalue weighted by Gasteiger charge is 2.11. The highest BCUT2D eigenvalue weighted by molar-refractivity contribution is 5.91. The van der Waals surface area contributed by atoms with Crippen LogP contribution in [0, 0.1) is 6.92 Å². The molecular weight excluding hydrogens is 180 g/mol. The highest BCUT2D eigenvalue weighted by atomic mass is 16.5. The summed E-state index contributed by atoms with van der Waals surface area (Å²) in [4.78, 5) is 11.4. The Morgan fingerprint density at radius 1 is 1.50 bits per heavy atom. The molecular formula is C11H14O3. The Labute approximate surface area is 83.3 Å². The molecule has 0 aliphatic rings. The van der Waals surface area contributed by atoms with Gasteiger partial charge in [0.1, 0.15) is 0 Å². The molecule has 0 fully saturated rings. The van der Waals surface area contributed by atoms with Crippen LogP contribution < -0.4 is 0 Å². The van der Waals surface area contributed by atoms with Crippen LogP contribution in [0.5, 0.6) is 0 Å². The van der Waals surface area contributed by atoms with Crippen LogP contribution in [-0.4, -0.2) is 17.7 Å². The predicted octanol–water partition coefficient (Wildman–Crippen LogP) is 1.66. The molecule has 0 spiro atoms. The molecule has 14 heavy (non-hydrogen) atoms. The molecule has 0 atom stereocenters. The molecule has 1 aromatic carbocycles. The van der Waals surface area contributed by atoms with Gasteiger partial charge >= 0.3 is 5.97 Å². The van der Waals surface area contributed by atoms with E-state index in [9.17, 15) is 4.79 Å². The van der Waals surface area contributed by atoms with Crippen LogP contribution in [0.1, 0.15) is 28.4 Å². The summed E-state index contributed by atoms with van der Waals surface area (Å²) in [5.41, 5.74) is 2.04. The Bertz CT molecular complexity index is 331. The molecule has 76 valence electrons. The summed E-state index contributed by atoms with van der Waals surface area (Å²) >= 11 is 0. The van der Waals surface area contributed by atoms with E-state index < -0.39 is 0 Å². The third-order valence-electron chi connectivity index (χ3n) is 1.93. The maximum Gasteiger partial charge on any atom is 0.338 e. The molecule has 0 saturated carbocycles. The number of carbonyl (C=O) groups is 1. The zero-order chi connectivity index (χ0) is 10.6. The summed E-state index contributed by atoms with van der Waals surface area (Å²) in [6.45, 7) is 3.85.